The first-order valence-corrected chi connectivity index (χ1v) is 13.2. The number of alkyl halides is 18. The van der Waals surface area contributed by atoms with Crippen molar-refractivity contribution in [3.63, 3.8) is 0 Å². The second kappa shape index (κ2) is 10.8. The van der Waals surface area contributed by atoms with Crippen LogP contribution < -0.4 is 4.74 Å². The van der Waals surface area contributed by atoms with Crippen LogP contribution in [0.25, 0.3) is 0 Å². The van der Waals surface area contributed by atoms with Crippen molar-refractivity contribution in [2.75, 3.05) is 0 Å². The van der Waals surface area contributed by atoms with E-state index < -0.39 is 79.5 Å². The fourth-order valence-electron chi connectivity index (χ4n) is 3.25. The van der Waals surface area contributed by atoms with Crippen molar-refractivity contribution in [3.8, 4) is 5.75 Å². The maximum absolute atomic E-state index is 14.5. The summed E-state index contributed by atoms with van der Waals surface area (Å²) in [6.07, 6.45) is -7.15. The molecule has 0 amide bonds. The molecule has 0 bridgehead atoms. The Morgan fingerprint density at radius 1 is 0.478 bits per heavy atom. The highest BCUT2D eigenvalue weighted by atomic mass is 32.2. The molecule has 0 aliphatic carbocycles. The van der Waals surface area contributed by atoms with Gasteiger partial charge in [-0.1, -0.05) is 47.6 Å². The summed E-state index contributed by atoms with van der Waals surface area (Å²) in [6.45, 7) is 8.29. The van der Waals surface area contributed by atoms with Gasteiger partial charge in [0, 0.05) is 0 Å². The third-order valence-electron chi connectivity index (χ3n) is 6.31. The average molecular weight is 736 g/mol. The summed E-state index contributed by atoms with van der Waals surface area (Å²) in [5.74, 6) is -63.1. The second-order valence-corrected chi connectivity index (χ2v) is 13.3. The molecule has 46 heavy (non-hydrogen) atoms. The number of hydrogen-bond acceptors (Lipinski definition) is 3. The van der Waals surface area contributed by atoms with E-state index in [1.807, 2.05) is 0 Å². The Labute approximate surface area is 247 Å². The number of hydrogen-bond donors (Lipinski definition) is 1. The van der Waals surface area contributed by atoms with Crippen LogP contribution >= 0.6 is 0 Å². The van der Waals surface area contributed by atoms with Crippen LogP contribution in [0.3, 0.4) is 0 Å². The molecule has 0 fully saturated rings. The van der Waals surface area contributed by atoms with Crippen molar-refractivity contribution in [1.82, 2.24) is 0 Å². The van der Waals surface area contributed by atoms with E-state index in [1.54, 1.807) is 0 Å². The van der Waals surface area contributed by atoms with Crippen molar-refractivity contribution in [1.29, 1.82) is 0 Å². The monoisotopic (exact) mass is 736 g/mol. The SMILES string of the molecule is CC(C)(C)c1cc(OC(F)(F)C(F)(F)C(F)(F)C(F)(F)C(F)(F)C(F)(F)C(F)(F)C(F)(F)C(F)(F)S(=O)(=O)O)cc(C(C)(C)C)c1. The summed E-state index contributed by atoms with van der Waals surface area (Å²) in [4.78, 5) is 0. The van der Waals surface area contributed by atoms with Crippen molar-refractivity contribution in [2.24, 2.45) is 0 Å². The Bertz CT molecular complexity index is 1370. The van der Waals surface area contributed by atoms with E-state index in [4.69, 9.17) is 4.55 Å². The second-order valence-electron chi connectivity index (χ2n) is 11.9. The Kier molecular flexibility index (Phi) is 9.83. The minimum Gasteiger partial charge on any atom is -0.428 e. The van der Waals surface area contributed by atoms with Crippen LogP contribution in [-0.4, -0.2) is 65.8 Å². The molecule has 0 unspecified atom stereocenters. The molecule has 0 spiro atoms. The highest BCUT2D eigenvalue weighted by Gasteiger charge is 2.97. The van der Waals surface area contributed by atoms with Gasteiger partial charge in [0.05, 0.1) is 0 Å². The number of benzene rings is 1. The summed E-state index contributed by atoms with van der Waals surface area (Å²) in [5.41, 5.74) is -2.33. The van der Waals surface area contributed by atoms with E-state index in [-0.39, 0.29) is 11.1 Å². The van der Waals surface area contributed by atoms with Crippen LogP contribution in [0.1, 0.15) is 52.7 Å². The molecule has 0 atom stereocenters. The van der Waals surface area contributed by atoms with Crippen LogP contribution in [0.2, 0.25) is 0 Å². The van der Waals surface area contributed by atoms with Gasteiger partial charge in [-0.25, -0.2) is 0 Å². The molecule has 0 aliphatic heterocycles. The third-order valence-corrected chi connectivity index (χ3v) is 7.21. The van der Waals surface area contributed by atoms with Crippen LogP contribution in [0.15, 0.2) is 18.2 Å². The summed E-state index contributed by atoms with van der Waals surface area (Å²) in [5, 5.41) is -7.96. The molecule has 270 valence electrons. The van der Waals surface area contributed by atoms with Gasteiger partial charge in [0.2, 0.25) is 0 Å². The van der Waals surface area contributed by atoms with Crippen molar-refractivity contribution < 1.29 is 96.7 Å². The van der Waals surface area contributed by atoms with Crippen LogP contribution in [0.5, 0.6) is 5.75 Å². The Hall–Kier alpha value is -2.33. The van der Waals surface area contributed by atoms with E-state index in [0.29, 0.717) is 12.1 Å². The summed E-state index contributed by atoms with van der Waals surface area (Å²) < 4.78 is 283. The first-order valence-electron chi connectivity index (χ1n) is 11.8. The lowest BCUT2D eigenvalue weighted by Crippen LogP contribution is -2.76. The van der Waals surface area contributed by atoms with Gasteiger partial charge in [0.15, 0.2) is 0 Å². The predicted molar refractivity (Wildman–Crippen MR) is 121 cm³/mol. The minimum atomic E-state index is -9.11. The zero-order chi connectivity index (χ0) is 37.6. The third kappa shape index (κ3) is 5.95. The largest absolute Gasteiger partial charge is 0.471 e. The molecular formula is C23H22F18O4S. The maximum atomic E-state index is 14.5. The van der Waals surface area contributed by atoms with Gasteiger partial charge in [0.1, 0.15) is 5.75 Å². The van der Waals surface area contributed by atoms with E-state index in [2.05, 4.69) is 4.74 Å². The summed E-state index contributed by atoms with van der Waals surface area (Å²) in [6, 6.07) is 2.17. The highest BCUT2D eigenvalue weighted by Crippen LogP contribution is 2.65. The molecule has 0 aliphatic rings. The molecule has 0 radical (unpaired) electrons. The Balaban J connectivity index is 3.87. The Morgan fingerprint density at radius 3 is 1.00 bits per heavy atom. The van der Waals surface area contributed by atoms with Gasteiger partial charge >= 0.3 is 62.9 Å². The molecule has 23 heteroatoms. The summed E-state index contributed by atoms with van der Waals surface area (Å²) in [7, 11) is -8.02. The quantitative estimate of drug-likeness (QED) is 0.182. The van der Waals surface area contributed by atoms with Crippen LogP contribution in [0, 0.1) is 0 Å². The zero-order valence-electron chi connectivity index (χ0n) is 23.6. The standard InChI is InChI=1S/C23H22F18O4S/c1-13(2,3)10-7-11(14(4,5)6)9-12(8-10)45-22(38,39)20(34,35)18(30,31)16(26,27)15(24,25)17(28,29)19(32,33)21(36,37)23(40,41)46(42,43)44/h7-9H,1-6H3,(H,42,43,44). The van der Waals surface area contributed by atoms with Crippen LogP contribution in [0.4, 0.5) is 79.0 Å². The van der Waals surface area contributed by atoms with Gasteiger partial charge in [-0.2, -0.15) is 87.4 Å². The Morgan fingerprint density at radius 2 is 0.739 bits per heavy atom. The fraction of sp³-hybridized carbons (Fsp3) is 0.739. The smallest absolute Gasteiger partial charge is 0.428 e. The van der Waals surface area contributed by atoms with Crippen molar-refractivity contribution in [3.05, 3.63) is 29.3 Å². The van der Waals surface area contributed by atoms with Crippen molar-refractivity contribution in [2.45, 2.75) is 105 Å². The lowest BCUT2D eigenvalue weighted by molar-refractivity contribution is -0.469. The molecule has 0 saturated heterocycles. The number of halogens is 18. The molecule has 1 aromatic carbocycles. The normalized spacial score (nSPS) is 16.1. The van der Waals surface area contributed by atoms with E-state index in [9.17, 15) is 87.4 Å². The van der Waals surface area contributed by atoms with E-state index >= 15 is 0 Å². The fourth-order valence-corrected chi connectivity index (χ4v) is 3.70. The van der Waals surface area contributed by atoms with Gasteiger partial charge in [-0.15, -0.1) is 0 Å². The van der Waals surface area contributed by atoms with E-state index in [1.165, 1.54) is 47.6 Å². The molecule has 1 N–H and O–H groups in total. The van der Waals surface area contributed by atoms with Gasteiger partial charge < -0.3 is 4.74 Å². The molecule has 1 aromatic rings. The minimum absolute atomic E-state index is 0.0813. The molecule has 4 nitrogen and oxygen atoms in total. The molecular weight excluding hydrogens is 714 g/mol. The van der Waals surface area contributed by atoms with E-state index in [0.717, 1.165) is 0 Å². The highest BCUT2D eigenvalue weighted by molar-refractivity contribution is 7.87. The zero-order valence-corrected chi connectivity index (χ0v) is 24.4. The molecule has 0 heterocycles. The molecule has 0 aromatic heterocycles. The first kappa shape index (κ1) is 41.7. The molecule has 1 rings (SSSR count). The van der Waals surface area contributed by atoms with Crippen molar-refractivity contribution >= 4 is 10.1 Å². The predicted octanol–water partition coefficient (Wildman–Crippen LogP) is 9.18. The van der Waals surface area contributed by atoms with Crippen LogP contribution in [-0.2, 0) is 20.9 Å². The lowest BCUT2D eigenvalue weighted by Gasteiger charge is -2.43. The average Bonchev–Trinajstić information content (AvgIpc) is 2.80. The van der Waals surface area contributed by atoms with Gasteiger partial charge in [-0.05, 0) is 34.1 Å². The number of ether oxygens (including phenoxy) is 1. The first-order chi connectivity index (χ1) is 19.5. The van der Waals surface area contributed by atoms with Gasteiger partial charge in [-0.3, -0.25) is 4.55 Å². The topological polar surface area (TPSA) is 63.6 Å². The molecule has 0 saturated carbocycles. The maximum Gasteiger partial charge on any atom is 0.471 e. The lowest BCUT2D eigenvalue weighted by atomic mass is 9.80. The summed E-state index contributed by atoms with van der Waals surface area (Å²) >= 11 is 0. The van der Waals surface area contributed by atoms with Gasteiger partial charge in [0.25, 0.3) is 0 Å². The number of rotatable bonds is 11.